The van der Waals surface area contributed by atoms with Crippen molar-refractivity contribution in [3.05, 3.63) is 48.0 Å². The first-order valence-corrected chi connectivity index (χ1v) is 5.83. The van der Waals surface area contributed by atoms with E-state index < -0.39 is 6.10 Å². The van der Waals surface area contributed by atoms with E-state index in [9.17, 15) is 5.11 Å². The van der Waals surface area contributed by atoms with E-state index in [1.165, 1.54) is 0 Å². The highest BCUT2D eigenvalue weighted by molar-refractivity contribution is 5.13. The number of ether oxygens (including phenoxy) is 1. The Morgan fingerprint density at radius 2 is 1.94 bits per heavy atom. The lowest BCUT2D eigenvalue weighted by atomic mass is 10.2. The normalized spacial score (nSPS) is 15.0. The third-order valence-electron chi connectivity index (χ3n) is 2.24. The van der Waals surface area contributed by atoms with Crippen molar-refractivity contribution >= 4 is 0 Å². The lowest BCUT2D eigenvalue weighted by Gasteiger charge is -2.07. The van der Waals surface area contributed by atoms with Gasteiger partial charge in [0.05, 0.1) is 25.4 Å². The van der Waals surface area contributed by atoms with Gasteiger partial charge in [-0.15, -0.1) is 0 Å². The number of aliphatic hydroxyl groups excluding tert-OH is 2. The molecule has 0 bridgehead atoms. The summed E-state index contributed by atoms with van der Waals surface area (Å²) >= 11 is 0. The summed E-state index contributed by atoms with van der Waals surface area (Å²) < 4.78 is 5.38. The van der Waals surface area contributed by atoms with Gasteiger partial charge in [-0.25, -0.2) is 0 Å². The first kappa shape index (κ1) is 13.9. The lowest BCUT2D eigenvalue weighted by molar-refractivity contribution is 0.0501. The highest BCUT2D eigenvalue weighted by Crippen LogP contribution is 2.01. The molecule has 0 heterocycles. The fraction of sp³-hybridized carbons (Fsp3) is 0.429. The molecule has 0 fully saturated rings. The van der Waals surface area contributed by atoms with E-state index in [1.807, 2.05) is 30.3 Å². The molecule has 2 atom stereocenters. The van der Waals surface area contributed by atoms with Crippen LogP contribution in [0.5, 0.6) is 0 Å². The van der Waals surface area contributed by atoms with Crippen molar-refractivity contribution in [3.63, 3.8) is 0 Å². The van der Waals surface area contributed by atoms with Gasteiger partial charge in [-0.2, -0.15) is 0 Å². The first-order chi connectivity index (χ1) is 8.18. The summed E-state index contributed by atoms with van der Waals surface area (Å²) in [6, 6.07) is 9.83. The number of hydrogen-bond donors (Lipinski definition) is 2. The molecule has 0 unspecified atom stereocenters. The molecule has 0 saturated carbocycles. The first-order valence-electron chi connectivity index (χ1n) is 5.83. The van der Waals surface area contributed by atoms with Crippen LogP contribution in [-0.2, 0) is 11.3 Å². The Kier molecular flexibility index (Phi) is 6.55. The predicted molar refractivity (Wildman–Crippen MR) is 67.5 cm³/mol. The van der Waals surface area contributed by atoms with Gasteiger partial charge in [0.2, 0.25) is 0 Å². The van der Waals surface area contributed by atoms with Crippen molar-refractivity contribution in [2.75, 3.05) is 6.61 Å². The van der Waals surface area contributed by atoms with Crippen LogP contribution in [-0.4, -0.2) is 29.0 Å². The Balaban J connectivity index is 2.16. The number of hydrogen-bond acceptors (Lipinski definition) is 3. The van der Waals surface area contributed by atoms with Crippen LogP contribution in [0.1, 0.15) is 18.9 Å². The van der Waals surface area contributed by atoms with Crippen LogP contribution in [0.4, 0.5) is 0 Å². The van der Waals surface area contributed by atoms with Gasteiger partial charge < -0.3 is 14.9 Å². The average molecular weight is 236 g/mol. The van der Waals surface area contributed by atoms with E-state index in [2.05, 4.69) is 0 Å². The van der Waals surface area contributed by atoms with Gasteiger partial charge in [-0.1, -0.05) is 42.5 Å². The molecule has 3 heteroatoms. The number of rotatable bonds is 7. The zero-order valence-corrected chi connectivity index (χ0v) is 10.1. The second-order valence-corrected chi connectivity index (χ2v) is 4.08. The van der Waals surface area contributed by atoms with E-state index >= 15 is 0 Å². The van der Waals surface area contributed by atoms with E-state index in [1.54, 1.807) is 19.1 Å². The minimum Gasteiger partial charge on any atom is -0.393 e. The fourth-order valence-corrected chi connectivity index (χ4v) is 1.36. The van der Waals surface area contributed by atoms with Crippen LogP contribution < -0.4 is 0 Å². The summed E-state index contributed by atoms with van der Waals surface area (Å²) in [7, 11) is 0. The second-order valence-electron chi connectivity index (χ2n) is 4.08. The zero-order chi connectivity index (χ0) is 12.5. The van der Waals surface area contributed by atoms with Crippen LogP contribution >= 0.6 is 0 Å². The van der Waals surface area contributed by atoms with Gasteiger partial charge >= 0.3 is 0 Å². The number of aliphatic hydroxyl groups is 2. The maximum atomic E-state index is 9.55. The molecular weight excluding hydrogens is 216 g/mol. The highest BCUT2D eigenvalue weighted by Gasteiger charge is 2.00. The lowest BCUT2D eigenvalue weighted by Crippen LogP contribution is -2.12. The summed E-state index contributed by atoms with van der Waals surface area (Å²) in [5, 5.41) is 18.6. The molecule has 17 heavy (non-hydrogen) atoms. The Hall–Kier alpha value is -1.16. The van der Waals surface area contributed by atoms with Crippen molar-refractivity contribution in [2.24, 2.45) is 0 Å². The Labute approximate surface area is 102 Å². The van der Waals surface area contributed by atoms with E-state index in [-0.39, 0.29) is 12.7 Å². The molecule has 0 aliphatic carbocycles. The summed E-state index contributed by atoms with van der Waals surface area (Å²) in [5.74, 6) is 0. The third kappa shape index (κ3) is 6.89. The third-order valence-corrected chi connectivity index (χ3v) is 2.24. The molecule has 0 spiro atoms. The van der Waals surface area contributed by atoms with Crippen LogP contribution in [0.2, 0.25) is 0 Å². The SMILES string of the molecule is C[C@@H](O)C/C=C\[C@@H](O)COCc1ccccc1. The maximum absolute atomic E-state index is 9.55. The van der Waals surface area contributed by atoms with Gasteiger partial charge in [0.25, 0.3) is 0 Å². The molecule has 0 aliphatic heterocycles. The summed E-state index contributed by atoms with van der Waals surface area (Å²) in [6.07, 6.45) is 2.98. The Morgan fingerprint density at radius 3 is 2.59 bits per heavy atom. The molecule has 0 amide bonds. The van der Waals surface area contributed by atoms with Crippen LogP contribution in [0.3, 0.4) is 0 Å². The van der Waals surface area contributed by atoms with Gasteiger partial charge in [0.15, 0.2) is 0 Å². The van der Waals surface area contributed by atoms with Gasteiger partial charge in [0.1, 0.15) is 0 Å². The minimum atomic E-state index is -0.613. The molecule has 0 saturated heterocycles. The Bertz CT molecular complexity index is 319. The molecule has 1 aromatic carbocycles. The maximum Gasteiger partial charge on any atom is 0.0954 e. The summed E-state index contributed by atoms with van der Waals surface area (Å²) in [4.78, 5) is 0. The molecular formula is C14H20O3. The average Bonchev–Trinajstić information content (AvgIpc) is 2.30. The van der Waals surface area contributed by atoms with Crippen LogP contribution in [0.25, 0.3) is 0 Å². The zero-order valence-electron chi connectivity index (χ0n) is 10.1. The van der Waals surface area contributed by atoms with Crippen molar-refractivity contribution in [1.29, 1.82) is 0 Å². The Morgan fingerprint density at radius 1 is 1.24 bits per heavy atom. The molecule has 0 aromatic heterocycles. The van der Waals surface area contributed by atoms with E-state index in [4.69, 9.17) is 9.84 Å². The van der Waals surface area contributed by atoms with E-state index in [0.29, 0.717) is 13.0 Å². The van der Waals surface area contributed by atoms with Crippen molar-refractivity contribution < 1.29 is 14.9 Å². The quantitative estimate of drug-likeness (QED) is 0.711. The fourth-order valence-electron chi connectivity index (χ4n) is 1.36. The van der Waals surface area contributed by atoms with Crippen molar-refractivity contribution in [1.82, 2.24) is 0 Å². The molecule has 3 nitrogen and oxygen atoms in total. The van der Waals surface area contributed by atoms with Crippen molar-refractivity contribution in [3.8, 4) is 0 Å². The standard InChI is InChI=1S/C14H20O3/c1-12(15)6-5-9-14(16)11-17-10-13-7-3-2-4-8-13/h2-5,7-9,12,14-16H,6,10-11H2,1H3/b9-5-/t12-,14-/m1/s1. The predicted octanol–water partition coefficient (Wildman–Crippen LogP) is 1.89. The smallest absolute Gasteiger partial charge is 0.0954 e. The van der Waals surface area contributed by atoms with Gasteiger partial charge in [0, 0.05) is 0 Å². The molecule has 2 N–H and O–H groups in total. The second kappa shape index (κ2) is 8.01. The topological polar surface area (TPSA) is 49.7 Å². The van der Waals surface area contributed by atoms with Gasteiger partial charge in [-0.05, 0) is 18.9 Å². The van der Waals surface area contributed by atoms with E-state index in [0.717, 1.165) is 5.56 Å². The molecule has 0 aliphatic rings. The van der Waals surface area contributed by atoms with Crippen LogP contribution in [0.15, 0.2) is 42.5 Å². The molecule has 1 rings (SSSR count). The van der Waals surface area contributed by atoms with Crippen molar-refractivity contribution in [2.45, 2.75) is 32.2 Å². The highest BCUT2D eigenvalue weighted by atomic mass is 16.5. The van der Waals surface area contributed by atoms with Crippen LogP contribution in [0, 0.1) is 0 Å². The molecule has 1 aromatic rings. The summed E-state index contributed by atoms with van der Waals surface area (Å²) in [6.45, 7) is 2.48. The monoisotopic (exact) mass is 236 g/mol. The van der Waals surface area contributed by atoms with Gasteiger partial charge in [-0.3, -0.25) is 0 Å². The number of benzene rings is 1. The summed E-state index contributed by atoms with van der Waals surface area (Å²) in [5.41, 5.74) is 1.09. The minimum absolute atomic E-state index is 0.269. The molecule has 94 valence electrons. The largest absolute Gasteiger partial charge is 0.393 e. The molecule has 0 radical (unpaired) electrons.